The number of carbonyl (C=O) groups is 2. The first-order valence-electron chi connectivity index (χ1n) is 9.18. The van der Waals surface area contributed by atoms with Crippen LogP contribution in [-0.4, -0.2) is 42.5 Å². The number of halogens is 1. The lowest BCUT2D eigenvalue weighted by Gasteiger charge is -2.10. The third-order valence-corrected chi connectivity index (χ3v) is 5.24. The largest absolute Gasteiger partial charge is 0.451 e. The monoisotopic (exact) mass is 467 g/mol. The number of carbonyl (C=O) groups excluding carboxylic acids is 2. The van der Waals surface area contributed by atoms with Crippen LogP contribution in [0.3, 0.4) is 0 Å². The Kier molecular flexibility index (Phi) is 5.21. The molecule has 9 heteroatoms. The summed E-state index contributed by atoms with van der Waals surface area (Å²) in [5.74, 6) is -0.903. The first kappa shape index (κ1) is 20.0. The Balaban J connectivity index is 1.52. The second-order valence-electron chi connectivity index (χ2n) is 6.83. The fourth-order valence-corrected chi connectivity index (χ4v) is 3.71. The highest BCUT2D eigenvalue weighted by atomic mass is 79.9. The van der Waals surface area contributed by atoms with E-state index in [2.05, 4.69) is 31.0 Å². The maximum atomic E-state index is 12.7. The van der Waals surface area contributed by atoms with Crippen LogP contribution in [0.4, 0.5) is 0 Å². The van der Waals surface area contributed by atoms with Crippen LogP contribution in [0.25, 0.3) is 11.5 Å². The van der Waals surface area contributed by atoms with E-state index in [1.165, 1.54) is 4.52 Å². The minimum absolute atomic E-state index is 0.135. The van der Waals surface area contributed by atoms with Crippen LogP contribution in [0.1, 0.15) is 38.1 Å². The fourth-order valence-electron chi connectivity index (χ4n) is 3.32. The number of aryl methyl sites for hydroxylation is 2. The van der Waals surface area contributed by atoms with E-state index in [-0.39, 0.29) is 11.6 Å². The van der Waals surface area contributed by atoms with Crippen LogP contribution in [0.5, 0.6) is 0 Å². The van der Waals surface area contributed by atoms with Gasteiger partial charge in [-0.3, -0.25) is 4.79 Å². The average molecular weight is 468 g/mol. The number of hydrogen-bond donors (Lipinski definition) is 0. The topological polar surface area (TPSA) is 91.4 Å². The molecule has 0 unspecified atom stereocenters. The number of aromatic nitrogens is 5. The minimum atomic E-state index is -0.769. The van der Waals surface area contributed by atoms with E-state index in [4.69, 9.17) is 4.74 Å². The van der Waals surface area contributed by atoms with Crippen molar-refractivity contribution < 1.29 is 14.3 Å². The highest BCUT2D eigenvalue weighted by Gasteiger charge is 2.21. The first-order valence-corrected chi connectivity index (χ1v) is 9.98. The summed E-state index contributed by atoms with van der Waals surface area (Å²) in [5, 5.41) is 4.10. The Labute approximate surface area is 180 Å². The van der Waals surface area contributed by atoms with E-state index < -0.39 is 12.6 Å². The van der Waals surface area contributed by atoms with Crippen LogP contribution >= 0.6 is 15.9 Å². The van der Waals surface area contributed by atoms with Gasteiger partial charge in [0.1, 0.15) is 0 Å². The lowest BCUT2D eigenvalue weighted by atomic mass is 10.1. The molecule has 4 aromatic rings. The molecule has 0 amide bonds. The molecule has 4 rings (SSSR count). The van der Waals surface area contributed by atoms with E-state index in [9.17, 15) is 9.59 Å². The van der Waals surface area contributed by atoms with Gasteiger partial charge in [-0.1, -0.05) is 22.0 Å². The number of fused-ring (bicyclic) bond motifs is 1. The third-order valence-electron chi connectivity index (χ3n) is 4.74. The molecule has 0 atom stereocenters. The molecule has 1 aromatic carbocycles. The van der Waals surface area contributed by atoms with Crippen LogP contribution in [-0.2, 0) is 4.74 Å². The van der Waals surface area contributed by atoms with Gasteiger partial charge in [0.05, 0.1) is 0 Å². The first-order chi connectivity index (χ1) is 14.3. The average Bonchev–Trinajstić information content (AvgIpc) is 3.28. The normalized spacial score (nSPS) is 11.1. The molecule has 0 spiro atoms. The summed E-state index contributed by atoms with van der Waals surface area (Å²) in [6.07, 6.45) is 1.58. The number of esters is 1. The van der Waals surface area contributed by atoms with Gasteiger partial charge in [-0.25, -0.2) is 14.3 Å². The molecule has 0 radical (unpaired) electrons. The van der Waals surface area contributed by atoms with Crippen LogP contribution < -0.4 is 0 Å². The summed E-state index contributed by atoms with van der Waals surface area (Å²) in [4.78, 5) is 33.2. The highest BCUT2D eigenvalue weighted by Crippen LogP contribution is 2.23. The fraction of sp³-hybridized carbons (Fsp3) is 0.190. The second kappa shape index (κ2) is 7.83. The third kappa shape index (κ3) is 3.63. The predicted molar refractivity (Wildman–Crippen MR) is 113 cm³/mol. The number of Topliss-reactive ketones (excluding diaryl/α,β-unsaturated/α-hetero) is 1. The summed E-state index contributed by atoms with van der Waals surface area (Å²) in [5.41, 5.74) is 3.90. The number of benzene rings is 1. The molecule has 3 heterocycles. The molecule has 0 aliphatic rings. The molecular weight excluding hydrogens is 450 g/mol. The number of nitrogens with zero attached hydrogens (tertiary/aromatic N) is 5. The van der Waals surface area contributed by atoms with Crippen LogP contribution in [0, 0.1) is 20.8 Å². The standard InChI is InChI=1S/C21H18BrN5O3/c1-12-7-8-23-21-24-19(25-27(12)21)20(29)30-11-18(28)17-9-13(2)26(14(17)3)16-6-4-5-15(22)10-16/h4-10H,11H2,1-3H3. The number of ketones is 1. The van der Waals surface area contributed by atoms with Crippen molar-refractivity contribution in [3.63, 3.8) is 0 Å². The van der Waals surface area contributed by atoms with E-state index in [1.807, 2.05) is 49.6 Å². The van der Waals surface area contributed by atoms with Crippen molar-refractivity contribution >= 4 is 33.5 Å². The Morgan fingerprint density at radius 1 is 1.10 bits per heavy atom. The molecule has 0 saturated carbocycles. The minimum Gasteiger partial charge on any atom is -0.451 e. The number of rotatable bonds is 5. The van der Waals surface area contributed by atoms with Gasteiger partial charge < -0.3 is 9.30 Å². The van der Waals surface area contributed by atoms with Crippen LogP contribution in [0.2, 0.25) is 0 Å². The molecule has 0 N–H and O–H groups in total. The molecule has 0 fully saturated rings. The van der Waals surface area contributed by atoms with E-state index in [0.717, 1.165) is 27.2 Å². The van der Waals surface area contributed by atoms with Crippen molar-refractivity contribution in [2.75, 3.05) is 6.61 Å². The van der Waals surface area contributed by atoms with Gasteiger partial charge in [-0.2, -0.15) is 4.98 Å². The predicted octanol–water partition coefficient (Wildman–Crippen LogP) is 3.64. The summed E-state index contributed by atoms with van der Waals surface area (Å²) >= 11 is 3.47. The van der Waals surface area contributed by atoms with E-state index in [0.29, 0.717) is 11.3 Å². The second-order valence-corrected chi connectivity index (χ2v) is 7.75. The van der Waals surface area contributed by atoms with Gasteiger partial charge in [-0.15, -0.1) is 5.10 Å². The van der Waals surface area contributed by atoms with Crippen molar-refractivity contribution in [1.29, 1.82) is 0 Å². The maximum absolute atomic E-state index is 12.7. The molecular formula is C21H18BrN5O3. The summed E-state index contributed by atoms with van der Waals surface area (Å²) in [6, 6.07) is 11.3. The maximum Gasteiger partial charge on any atom is 0.378 e. The van der Waals surface area contributed by atoms with E-state index in [1.54, 1.807) is 18.3 Å². The zero-order chi connectivity index (χ0) is 21.4. The lowest BCUT2D eigenvalue weighted by Crippen LogP contribution is -2.16. The highest BCUT2D eigenvalue weighted by molar-refractivity contribution is 9.10. The molecule has 8 nitrogen and oxygen atoms in total. The molecule has 3 aromatic heterocycles. The molecule has 0 aliphatic heterocycles. The zero-order valence-corrected chi connectivity index (χ0v) is 18.2. The molecule has 0 saturated heterocycles. The zero-order valence-electron chi connectivity index (χ0n) is 16.6. The van der Waals surface area contributed by atoms with Gasteiger partial charge in [-0.05, 0) is 51.1 Å². The van der Waals surface area contributed by atoms with E-state index >= 15 is 0 Å². The lowest BCUT2D eigenvalue weighted by molar-refractivity contribution is 0.0462. The molecule has 0 bridgehead atoms. The molecule has 152 valence electrons. The van der Waals surface area contributed by atoms with Crippen molar-refractivity contribution in [3.8, 4) is 5.69 Å². The van der Waals surface area contributed by atoms with Gasteiger partial charge in [0, 0.05) is 39.0 Å². The number of ether oxygens (including phenoxy) is 1. The van der Waals surface area contributed by atoms with Gasteiger partial charge in [0.15, 0.2) is 6.61 Å². The Hall–Kier alpha value is -3.33. The smallest absolute Gasteiger partial charge is 0.378 e. The van der Waals surface area contributed by atoms with Gasteiger partial charge in [0.2, 0.25) is 5.78 Å². The van der Waals surface area contributed by atoms with Gasteiger partial charge >= 0.3 is 5.97 Å². The summed E-state index contributed by atoms with van der Waals surface area (Å²) < 4.78 is 9.55. The van der Waals surface area contributed by atoms with Gasteiger partial charge in [0.25, 0.3) is 11.6 Å². The summed E-state index contributed by atoms with van der Waals surface area (Å²) in [7, 11) is 0. The molecule has 30 heavy (non-hydrogen) atoms. The van der Waals surface area contributed by atoms with Crippen molar-refractivity contribution in [3.05, 3.63) is 75.5 Å². The van der Waals surface area contributed by atoms with Crippen molar-refractivity contribution in [1.82, 2.24) is 24.1 Å². The van der Waals surface area contributed by atoms with Crippen LogP contribution in [0.15, 0.2) is 47.1 Å². The van der Waals surface area contributed by atoms with Crippen molar-refractivity contribution in [2.45, 2.75) is 20.8 Å². The quantitative estimate of drug-likeness (QED) is 0.328. The summed E-state index contributed by atoms with van der Waals surface area (Å²) in [6.45, 7) is 5.21. The SMILES string of the molecule is Cc1cc(C(=O)COC(=O)c2nc3nccc(C)n3n2)c(C)n1-c1cccc(Br)c1. The molecule has 0 aliphatic carbocycles. The Bertz CT molecular complexity index is 1290. The Morgan fingerprint density at radius 3 is 2.63 bits per heavy atom. The van der Waals surface area contributed by atoms with Crippen molar-refractivity contribution in [2.24, 2.45) is 0 Å². The number of hydrogen-bond acceptors (Lipinski definition) is 6. The Morgan fingerprint density at radius 2 is 1.90 bits per heavy atom.